The third kappa shape index (κ3) is 6.03. The third-order valence-corrected chi connectivity index (χ3v) is 5.58. The van der Waals surface area contributed by atoms with Crippen molar-refractivity contribution in [2.45, 2.75) is 45.8 Å². The van der Waals surface area contributed by atoms with Crippen molar-refractivity contribution in [3.63, 3.8) is 0 Å². The van der Waals surface area contributed by atoms with Crippen molar-refractivity contribution in [3.05, 3.63) is 71.0 Å². The number of benzene rings is 1. The van der Waals surface area contributed by atoms with Crippen molar-refractivity contribution < 1.29 is 19.4 Å². The summed E-state index contributed by atoms with van der Waals surface area (Å²) in [5.74, 6) is -1.24. The van der Waals surface area contributed by atoms with E-state index < -0.39 is 22.9 Å². The Hall–Kier alpha value is -3.01. The molecule has 0 saturated carbocycles. The molecule has 9 heteroatoms. The number of thiazole rings is 1. The summed E-state index contributed by atoms with van der Waals surface area (Å²) in [6.45, 7) is 12.0. The summed E-state index contributed by atoms with van der Waals surface area (Å²) in [6.07, 6.45) is 3.14. The van der Waals surface area contributed by atoms with Crippen LogP contribution >= 0.6 is 11.3 Å². The number of carbonyl (C=O) groups is 1. The molecule has 0 saturated heterocycles. The number of primary amides is 1. The molecule has 0 spiro atoms. The summed E-state index contributed by atoms with van der Waals surface area (Å²) in [4.78, 5) is 16.1. The van der Waals surface area contributed by atoms with E-state index in [-0.39, 0.29) is 27.1 Å². The lowest BCUT2D eigenvalue weighted by atomic mass is 9.92. The molecule has 0 fully saturated rings. The Morgan fingerprint density at radius 3 is 2.31 bits per heavy atom. The van der Waals surface area contributed by atoms with Crippen molar-refractivity contribution in [1.82, 2.24) is 4.98 Å². The summed E-state index contributed by atoms with van der Waals surface area (Å²) in [7, 11) is 0. The van der Waals surface area contributed by atoms with Gasteiger partial charge in [-0.15, -0.1) is 0 Å². The van der Waals surface area contributed by atoms with Crippen LogP contribution in [0.4, 0.5) is 9.39 Å². The van der Waals surface area contributed by atoms with Gasteiger partial charge in [-0.25, -0.2) is 9.37 Å². The molecule has 0 aliphatic heterocycles. The van der Waals surface area contributed by atoms with Crippen LogP contribution in [0, 0.1) is 5.82 Å². The first-order valence-electron chi connectivity index (χ1n) is 9.78. The molecule has 7 nitrogen and oxygen atoms in total. The van der Waals surface area contributed by atoms with Crippen LogP contribution in [-0.4, -0.2) is 26.7 Å². The standard InChI is InChI=1S/C23H29FN4O3S/c1-12(2)15(23(5,6)31)9-10-17(25)27-21-18(19(26)29)28-20(32-21)14-8-7-13(11-16(14)24)22(3,4)30/h7-11,27,30-31H,1,25H2,2-6H3,(H2,26,29)/b15-9+,17-10+. The first kappa shape index (κ1) is 25.3. The largest absolute Gasteiger partial charge is 0.386 e. The van der Waals surface area contributed by atoms with Crippen molar-refractivity contribution in [3.8, 4) is 10.6 Å². The van der Waals surface area contributed by atoms with Gasteiger partial charge in [0.2, 0.25) is 0 Å². The molecule has 1 amide bonds. The van der Waals surface area contributed by atoms with Crippen LogP contribution in [0.5, 0.6) is 0 Å². The SMILES string of the molecule is C=C(C)/C(=C\C=C(/N)Nc1sc(-c2ccc(C(C)(C)O)cc2F)nc1C(N)=O)C(C)(C)O. The van der Waals surface area contributed by atoms with Crippen molar-refractivity contribution in [2.75, 3.05) is 5.32 Å². The van der Waals surface area contributed by atoms with E-state index >= 15 is 0 Å². The molecular formula is C23H29FN4O3S. The predicted octanol–water partition coefficient (Wildman–Crippen LogP) is 3.76. The van der Waals surface area contributed by atoms with Gasteiger partial charge in [0.1, 0.15) is 21.6 Å². The first-order chi connectivity index (χ1) is 14.6. The van der Waals surface area contributed by atoms with E-state index in [2.05, 4.69) is 16.9 Å². The van der Waals surface area contributed by atoms with Crippen LogP contribution in [0.15, 0.2) is 53.9 Å². The molecule has 1 aromatic carbocycles. The molecule has 2 aromatic rings. The molecule has 0 unspecified atom stereocenters. The van der Waals surface area contributed by atoms with Crippen LogP contribution in [0.1, 0.15) is 50.7 Å². The highest BCUT2D eigenvalue weighted by molar-refractivity contribution is 7.19. The van der Waals surface area contributed by atoms with E-state index in [0.29, 0.717) is 16.7 Å². The molecular weight excluding hydrogens is 431 g/mol. The van der Waals surface area contributed by atoms with Gasteiger partial charge in [-0.2, -0.15) is 0 Å². The molecule has 32 heavy (non-hydrogen) atoms. The predicted molar refractivity (Wildman–Crippen MR) is 126 cm³/mol. The molecule has 7 N–H and O–H groups in total. The van der Waals surface area contributed by atoms with E-state index in [0.717, 1.165) is 11.3 Å². The average Bonchev–Trinajstić information content (AvgIpc) is 3.03. The van der Waals surface area contributed by atoms with Gasteiger partial charge in [-0.05, 0) is 64.0 Å². The van der Waals surface area contributed by atoms with Crippen LogP contribution < -0.4 is 16.8 Å². The van der Waals surface area contributed by atoms with Gasteiger partial charge >= 0.3 is 0 Å². The van der Waals surface area contributed by atoms with E-state index in [1.165, 1.54) is 18.2 Å². The summed E-state index contributed by atoms with van der Waals surface area (Å²) in [5.41, 5.74) is 10.9. The Morgan fingerprint density at radius 2 is 1.84 bits per heavy atom. The Morgan fingerprint density at radius 1 is 1.22 bits per heavy atom. The molecule has 172 valence electrons. The maximum Gasteiger partial charge on any atom is 0.270 e. The zero-order valence-corrected chi connectivity index (χ0v) is 19.6. The number of nitrogens with two attached hydrogens (primary N) is 2. The Labute approximate surface area is 191 Å². The van der Waals surface area contributed by atoms with Crippen LogP contribution in [0.2, 0.25) is 0 Å². The second-order valence-electron chi connectivity index (χ2n) is 8.48. The van der Waals surface area contributed by atoms with Gasteiger partial charge in [-0.3, -0.25) is 4.79 Å². The van der Waals surface area contributed by atoms with E-state index in [9.17, 15) is 19.4 Å². The molecule has 0 radical (unpaired) electrons. The number of hydrogen-bond acceptors (Lipinski definition) is 7. The number of amides is 1. The number of anilines is 1. The number of aliphatic hydroxyl groups is 2. The Bertz CT molecular complexity index is 1110. The van der Waals surface area contributed by atoms with Gasteiger partial charge in [0.15, 0.2) is 5.69 Å². The fourth-order valence-corrected chi connectivity index (χ4v) is 3.99. The number of allylic oxidation sites excluding steroid dienone is 2. The van der Waals surface area contributed by atoms with Crippen molar-refractivity contribution in [2.24, 2.45) is 11.5 Å². The van der Waals surface area contributed by atoms with Crippen molar-refractivity contribution in [1.29, 1.82) is 0 Å². The summed E-state index contributed by atoms with van der Waals surface area (Å²) < 4.78 is 14.7. The Kier molecular flexibility index (Phi) is 7.29. The van der Waals surface area contributed by atoms with Gasteiger partial charge in [0.25, 0.3) is 5.91 Å². The monoisotopic (exact) mass is 460 g/mol. The van der Waals surface area contributed by atoms with Crippen LogP contribution in [0.3, 0.4) is 0 Å². The topological polar surface area (TPSA) is 134 Å². The quantitative estimate of drug-likeness (QED) is 0.381. The maximum atomic E-state index is 14.7. The highest BCUT2D eigenvalue weighted by atomic mass is 32.1. The van der Waals surface area contributed by atoms with Gasteiger partial charge < -0.3 is 27.0 Å². The molecule has 0 aliphatic rings. The molecule has 1 heterocycles. The smallest absolute Gasteiger partial charge is 0.270 e. The lowest BCUT2D eigenvalue weighted by molar-refractivity contribution is 0.0782. The number of hydrogen-bond donors (Lipinski definition) is 5. The summed E-state index contributed by atoms with van der Waals surface area (Å²) >= 11 is 1.01. The maximum absolute atomic E-state index is 14.7. The molecule has 2 rings (SSSR count). The number of halogens is 1. The molecule has 0 bridgehead atoms. The lowest BCUT2D eigenvalue weighted by Gasteiger charge is -2.21. The second-order valence-corrected chi connectivity index (χ2v) is 9.48. The Balaban J connectivity index is 2.43. The lowest BCUT2D eigenvalue weighted by Crippen LogP contribution is -2.22. The second kappa shape index (κ2) is 9.23. The summed E-state index contributed by atoms with van der Waals surface area (Å²) in [6, 6.07) is 4.30. The number of rotatable bonds is 8. The molecule has 0 atom stereocenters. The van der Waals surface area contributed by atoms with E-state index in [1.807, 2.05) is 0 Å². The zero-order chi connectivity index (χ0) is 24.4. The van der Waals surface area contributed by atoms with Crippen LogP contribution in [0.25, 0.3) is 10.6 Å². The fourth-order valence-electron chi connectivity index (χ4n) is 2.97. The zero-order valence-electron chi connectivity index (χ0n) is 18.8. The van der Waals surface area contributed by atoms with Gasteiger partial charge in [0.05, 0.1) is 11.2 Å². The normalized spacial score (nSPS) is 13.2. The van der Waals surface area contributed by atoms with E-state index in [4.69, 9.17) is 11.5 Å². The number of nitrogens with zero attached hydrogens (tertiary/aromatic N) is 1. The highest BCUT2D eigenvalue weighted by Crippen LogP contribution is 2.35. The van der Waals surface area contributed by atoms with Gasteiger partial charge in [0, 0.05) is 5.56 Å². The number of carbonyl (C=O) groups excluding carboxylic acids is 1. The average molecular weight is 461 g/mol. The highest BCUT2D eigenvalue weighted by Gasteiger charge is 2.22. The number of nitrogens with one attached hydrogen (secondary N) is 1. The van der Waals surface area contributed by atoms with Crippen LogP contribution in [-0.2, 0) is 5.60 Å². The minimum absolute atomic E-state index is 0.0843. The minimum Gasteiger partial charge on any atom is -0.386 e. The first-order valence-corrected chi connectivity index (χ1v) is 10.6. The molecule has 0 aliphatic carbocycles. The molecule has 1 aromatic heterocycles. The van der Waals surface area contributed by atoms with Crippen molar-refractivity contribution >= 4 is 22.2 Å². The fraction of sp³-hybridized carbons (Fsp3) is 0.304. The summed E-state index contributed by atoms with van der Waals surface area (Å²) in [5, 5.41) is 23.7. The minimum atomic E-state index is -1.20. The third-order valence-electron chi connectivity index (χ3n) is 4.57. The van der Waals surface area contributed by atoms with E-state index in [1.54, 1.807) is 46.8 Å². The number of aromatic nitrogens is 1. The van der Waals surface area contributed by atoms with Gasteiger partial charge in [-0.1, -0.05) is 35.6 Å².